The lowest BCUT2D eigenvalue weighted by molar-refractivity contribution is 0.465. The monoisotopic (exact) mass is 306 g/mol. The summed E-state index contributed by atoms with van der Waals surface area (Å²) < 4.78 is 2.79. The summed E-state index contributed by atoms with van der Waals surface area (Å²) in [4.78, 5) is 4.52. The molecule has 5 heteroatoms. The lowest BCUT2D eigenvalue weighted by Crippen LogP contribution is -2.18. The van der Waals surface area contributed by atoms with Gasteiger partial charge >= 0.3 is 0 Å². The number of fused-ring (bicyclic) bond motifs is 1. The average Bonchev–Trinajstić information content (AvgIpc) is 3.24. The number of pyridine rings is 1. The first-order valence-corrected chi connectivity index (χ1v) is 7.31. The van der Waals surface area contributed by atoms with Crippen LogP contribution in [-0.4, -0.2) is 21.1 Å². The van der Waals surface area contributed by atoms with E-state index in [-0.39, 0.29) is 0 Å². The molecule has 4 nitrogen and oxygen atoms in total. The minimum Gasteiger partial charge on any atom is -0.352 e. The SMILES string of the molecule is Brc1cccn2nc(NCC3(C4CC4)CC3)nc12. The number of nitrogens with one attached hydrogen (secondary N) is 1. The third-order valence-corrected chi connectivity index (χ3v) is 4.87. The lowest BCUT2D eigenvalue weighted by Gasteiger charge is -2.13. The Morgan fingerprint density at radius 3 is 2.94 bits per heavy atom. The molecule has 4 rings (SSSR count). The maximum atomic E-state index is 4.52. The fraction of sp³-hybridized carbons (Fsp3) is 0.538. The van der Waals surface area contributed by atoms with Crippen molar-refractivity contribution in [2.75, 3.05) is 11.9 Å². The second-order valence-corrected chi connectivity index (χ2v) is 6.40. The summed E-state index contributed by atoms with van der Waals surface area (Å²) >= 11 is 3.50. The van der Waals surface area contributed by atoms with E-state index in [2.05, 4.69) is 31.3 Å². The zero-order valence-corrected chi connectivity index (χ0v) is 11.7. The minimum atomic E-state index is 0.578. The molecule has 2 aromatic rings. The molecule has 2 aliphatic carbocycles. The number of hydrogen-bond acceptors (Lipinski definition) is 3. The van der Waals surface area contributed by atoms with Gasteiger partial charge in [-0.25, -0.2) is 4.52 Å². The number of nitrogens with zero attached hydrogens (tertiary/aromatic N) is 3. The Morgan fingerprint density at radius 2 is 2.28 bits per heavy atom. The van der Waals surface area contributed by atoms with Gasteiger partial charge in [0.05, 0.1) is 4.47 Å². The molecule has 1 N–H and O–H groups in total. The van der Waals surface area contributed by atoms with Crippen molar-refractivity contribution >= 4 is 27.5 Å². The first-order chi connectivity index (χ1) is 8.77. The highest BCUT2D eigenvalue weighted by molar-refractivity contribution is 9.10. The number of anilines is 1. The molecule has 0 amide bonds. The topological polar surface area (TPSA) is 42.2 Å². The summed E-state index contributed by atoms with van der Waals surface area (Å²) in [7, 11) is 0. The van der Waals surface area contributed by atoms with E-state index in [1.807, 2.05) is 22.8 Å². The van der Waals surface area contributed by atoms with Gasteiger partial charge in [0.25, 0.3) is 0 Å². The van der Waals surface area contributed by atoms with Crippen LogP contribution in [0.15, 0.2) is 22.8 Å². The molecule has 0 spiro atoms. The molecule has 2 aromatic heterocycles. The molecule has 0 unspecified atom stereocenters. The zero-order chi connectivity index (χ0) is 12.2. The van der Waals surface area contributed by atoms with Crippen LogP contribution >= 0.6 is 15.9 Å². The molecule has 0 radical (unpaired) electrons. The highest BCUT2D eigenvalue weighted by Crippen LogP contribution is 2.61. The van der Waals surface area contributed by atoms with Gasteiger partial charge in [0, 0.05) is 12.7 Å². The van der Waals surface area contributed by atoms with E-state index in [1.165, 1.54) is 25.7 Å². The summed E-state index contributed by atoms with van der Waals surface area (Å²) in [6, 6.07) is 3.95. The van der Waals surface area contributed by atoms with E-state index in [4.69, 9.17) is 0 Å². The molecular formula is C13H15BrN4. The van der Waals surface area contributed by atoms with Crippen LogP contribution in [0.1, 0.15) is 25.7 Å². The Morgan fingerprint density at radius 1 is 1.44 bits per heavy atom. The van der Waals surface area contributed by atoms with Crippen molar-refractivity contribution in [2.24, 2.45) is 11.3 Å². The van der Waals surface area contributed by atoms with E-state index < -0.39 is 0 Å². The Hall–Kier alpha value is -1.10. The average molecular weight is 307 g/mol. The molecule has 0 saturated heterocycles. The fourth-order valence-electron chi connectivity index (χ4n) is 2.79. The minimum absolute atomic E-state index is 0.578. The molecule has 0 aromatic carbocycles. The van der Waals surface area contributed by atoms with Crippen molar-refractivity contribution in [2.45, 2.75) is 25.7 Å². The van der Waals surface area contributed by atoms with Crippen molar-refractivity contribution < 1.29 is 0 Å². The van der Waals surface area contributed by atoms with Crippen LogP contribution in [0, 0.1) is 11.3 Å². The summed E-state index contributed by atoms with van der Waals surface area (Å²) in [6.07, 6.45) is 7.52. The van der Waals surface area contributed by atoms with Crippen molar-refractivity contribution in [3.63, 3.8) is 0 Å². The predicted molar refractivity (Wildman–Crippen MR) is 73.6 cm³/mol. The standard InChI is InChI=1S/C13H15BrN4/c14-10-2-1-7-18-11(10)16-12(17-18)15-8-13(5-6-13)9-3-4-9/h1-2,7,9H,3-6,8H2,(H,15,17). The molecule has 2 aliphatic rings. The van der Waals surface area contributed by atoms with E-state index in [9.17, 15) is 0 Å². The van der Waals surface area contributed by atoms with Crippen molar-refractivity contribution in [1.29, 1.82) is 0 Å². The van der Waals surface area contributed by atoms with Crippen LogP contribution < -0.4 is 5.32 Å². The third-order valence-electron chi connectivity index (χ3n) is 4.25. The predicted octanol–water partition coefficient (Wildman–Crippen LogP) is 3.09. The summed E-state index contributed by atoms with van der Waals surface area (Å²) in [5, 5.41) is 7.87. The molecule has 18 heavy (non-hydrogen) atoms. The van der Waals surface area contributed by atoms with Gasteiger partial charge in [-0.05, 0) is 65.1 Å². The van der Waals surface area contributed by atoms with Gasteiger partial charge in [-0.3, -0.25) is 0 Å². The molecule has 0 aliphatic heterocycles. The van der Waals surface area contributed by atoms with Gasteiger partial charge in [-0.1, -0.05) is 0 Å². The fourth-order valence-corrected chi connectivity index (χ4v) is 3.21. The summed E-state index contributed by atoms with van der Waals surface area (Å²) in [5.41, 5.74) is 1.45. The molecule has 2 saturated carbocycles. The molecule has 2 heterocycles. The largest absolute Gasteiger partial charge is 0.352 e. The Balaban J connectivity index is 1.54. The quantitative estimate of drug-likeness (QED) is 0.944. The molecule has 0 bridgehead atoms. The highest BCUT2D eigenvalue weighted by Gasteiger charge is 2.53. The van der Waals surface area contributed by atoms with Crippen molar-refractivity contribution in [3.05, 3.63) is 22.8 Å². The van der Waals surface area contributed by atoms with Gasteiger partial charge in [-0.2, -0.15) is 4.98 Å². The van der Waals surface area contributed by atoms with E-state index in [0.717, 1.165) is 28.5 Å². The van der Waals surface area contributed by atoms with Gasteiger partial charge in [0.2, 0.25) is 5.95 Å². The van der Waals surface area contributed by atoms with E-state index in [1.54, 1.807) is 0 Å². The van der Waals surface area contributed by atoms with Crippen LogP contribution in [0.5, 0.6) is 0 Å². The van der Waals surface area contributed by atoms with Crippen molar-refractivity contribution in [3.8, 4) is 0 Å². The Bertz CT molecular complexity index is 598. The second kappa shape index (κ2) is 3.70. The van der Waals surface area contributed by atoms with Crippen LogP contribution in [0.25, 0.3) is 5.65 Å². The summed E-state index contributed by atoms with van der Waals surface area (Å²) in [6.45, 7) is 1.03. The number of hydrogen-bond donors (Lipinski definition) is 1. The maximum Gasteiger partial charge on any atom is 0.243 e. The van der Waals surface area contributed by atoms with Crippen LogP contribution in [-0.2, 0) is 0 Å². The molecule has 2 fully saturated rings. The Kier molecular flexibility index (Phi) is 2.22. The van der Waals surface area contributed by atoms with Crippen LogP contribution in [0.4, 0.5) is 5.95 Å². The highest BCUT2D eigenvalue weighted by atomic mass is 79.9. The Labute approximate surface area is 114 Å². The van der Waals surface area contributed by atoms with Crippen LogP contribution in [0.2, 0.25) is 0 Å². The first kappa shape index (κ1) is 10.8. The molecule has 0 atom stereocenters. The number of aromatic nitrogens is 3. The normalized spacial score (nSPS) is 21.2. The molecular weight excluding hydrogens is 292 g/mol. The summed E-state index contributed by atoms with van der Waals surface area (Å²) in [5.74, 6) is 1.71. The van der Waals surface area contributed by atoms with Gasteiger partial charge in [-0.15, -0.1) is 5.10 Å². The third kappa shape index (κ3) is 1.72. The zero-order valence-electron chi connectivity index (χ0n) is 10.1. The smallest absolute Gasteiger partial charge is 0.243 e. The van der Waals surface area contributed by atoms with E-state index >= 15 is 0 Å². The number of halogens is 1. The van der Waals surface area contributed by atoms with Gasteiger partial charge < -0.3 is 5.32 Å². The first-order valence-electron chi connectivity index (χ1n) is 6.52. The van der Waals surface area contributed by atoms with Gasteiger partial charge in [0.15, 0.2) is 5.65 Å². The van der Waals surface area contributed by atoms with Gasteiger partial charge in [0.1, 0.15) is 0 Å². The molecule has 94 valence electrons. The second-order valence-electron chi connectivity index (χ2n) is 5.55. The maximum absolute atomic E-state index is 4.52. The lowest BCUT2D eigenvalue weighted by atomic mass is 10.0. The van der Waals surface area contributed by atoms with E-state index in [0.29, 0.717) is 5.41 Å². The van der Waals surface area contributed by atoms with Crippen molar-refractivity contribution in [1.82, 2.24) is 14.6 Å². The number of rotatable bonds is 4. The van der Waals surface area contributed by atoms with Crippen LogP contribution in [0.3, 0.4) is 0 Å².